The lowest BCUT2D eigenvalue weighted by Crippen LogP contribution is -2.29. The Morgan fingerprint density at radius 3 is 2.55 bits per heavy atom. The van der Waals surface area contributed by atoms with Gasteiger partial charge in [-0.15, -0.1) is 0 Å². The Hall–Kier alpha value is -3.09. The van der Waals surface area contributed by atoms with Crippen LogP contribution in [0.2, 0.25) is 0 Å². The first-order chi connectivity index (χ1) is 14.2. The van der Waals surface area contributed by atoms with Gasteiger partial charge in [0.25, 0.3) is 11.8 Å². The van der Waals surface area contributed by atoms with E-state index in [1.165, 1.54) is 11.8 Å². The highest BCUT2D eigenvalue weighted by molar-refractivity contribution is 7.99. The van der Waals surface area contributed by atoms with Crippen molar-refractivity contribution in [3.63, 3.8) is 0 Å². The van der Waals surface area contributed by atoms with E-state index in [-0.39, 0.29) is 24.3 Å². The van der Waals surface area contributed by atoms with E-state index >= 15 is 0 Å². The van der Waals surface area contributed by atoms with Gasteiger partial charge in [0.2, 0.25) is 0 Å². The van der Waals surface area contributed by atoms with E-state index < -0.39 is 0 Å². The zero-order valence-corrected chi connectivity index (χ0v) is 16.4. The largest absolute Gasteiger partial charge is 0.396 e. The maximum absolute atomic E-state index is 12.7. The van der Waals surface area contributed by atoms with Crippen LogP contribution in [0.1, 0.15) is 32.2 Å². The van der Waals surface area contributed by atoms with Crippen molar-refractivity contribution in [1.29, 1.82) is 0 Å². The van der Waals surface area contributed by atoms with Gasteiger partial charge in [-0.1, -0.05) is 54.2 Å². The molecule has 2 amide bonds. The van der Waals surface area contributed by atoms with E-state index in [2.05, 4.69) is 10.6 Å². The lowest BCUT2D eigenvalue weighted by Gasteiger charge is -2.16. The Bertz CT molecular complexity index is 1050. The van der Waals surface area contributed by atoms with Crippen LogP contribution in [0.4, 0.5) is 5.69 Å². The second-order valence-corrected chi connectivity index (χ2v) is 7.85. The number of amides is 2. The average molecular weight is 404 g/mol. The van der Waals surface area contributed by atoms with Crippen LogP contribution < -0.4 is 10.6 Å². The fourth-order valence-electron chi connectivity index (χ4n) is 3.24. The van der Waals surface area contributed by atoms with Crippen LogP contribution in [0.5, 0.6) is 0 Å². The summed E-state index contributed by atoms with van der Waals surface area (Å²) in [6.45, 7) is 0.266. The maximum atomic E-state index is 12.7. The molecule has 6 heteroatoms. The third kappa shape index (κ3) is 4.18. The summed E-state index contributed by atoms with van der Waals surface area (Å²) in [6.07, 6.45) is 0. The standard InChI is InChI=1S/C23H20N2O3S/c26-14-17(15-6-2-1-3-7-15)13-24-22(27)16-10-11-21-19(12-16)25-23(28)18-8-4-5-9-20(18)29-21/h1-12,17,26H,13-14H2,(H,24,27)(H,25,28)/t17-/m1/s1. The van der Waals surface area contributed by atoms with Crippen LogP contribution >= 0.6 is 11.8 Å². The molecule has 5 nitrogen and oxygen atoms in total. The van der Waals surface area contributed by atoms with Crippen LogP contribution in [0.15, 0.2) is 82.6 Å². The van der Waals surface area contributed by atoms with E-state index in [9.17, 15) is 14.7 Å². The molecule has 0 aliphatic carbocycles. The van der Waals surface area contributed by atoms with E-state index in [0.29, 0.717) is 23.4 Å². The van der Waals surface area contributed by atoms with Crippen molar-refractivity contribution in [2.75, 3.05) is 18.5 Å². The molecular weight excluding hydrogens is 384 g/mol. The molecule has 3 aromatic rings. The summed E-state index contributed by atoms with van der Waals surface area (Å²) in [7, 11) is 0. The topological polar surface area (TPSA) is 78.4 Å². The Kier molecular flexibility index (Phi) is 5.64. The molecule has 29 heavy (non-hydrogen) atoms. The van der Waals surface area contributed by atoms with Gasteiger partial charge >= 0.3 is 0 Å². The van der Waals surface area contributed by atoms with Crippen molar-refractivity contribution in [3.8, 4) is 0 Å². The van der Waals surface area contributed by atoms with Gasteiger partial charge in [-0.3, -0.25) is 9.59 Å². The zero-order valence-electron chi connectivity index (χ0n) is 15.6. The Morgan fingerprint density at radius 2 is 1.76 bits per heavy atom. The number of benzene rings is 3. The van der Waals surface area contributed by atoms with Crippen molar-refractivity contribution >= 4 is 29.3 Å². The number of hydrogen-bond acceptors (Lipinski definition) is 4. The van der Waals surface area contributed by atoms with E-state index in [1.54, 1.807) is 18.2 Å². The number of anilines is 1. The molecule has 0 aromatic heterocycles. The molecule has 0 spiro atoms. The molecule has 146 valence electrons. The Balaban J connectivity index is 1.50. The smallest absolute Gasteiger partial charge is 0.256 e. The third-order valence-corrected chi connectivity index (χ3v) is 5.99. The van der Waals surface area contributed by atoms with Crippen LogP contribution in [0.25, 0.3) is 0 Å². The molecule has 3 N–H and O–H groups in total. The number of carbonyl (C=O) groups is 2. The predicted octanol–water partition coefficient (Wildman–Crippen LogP) is 3.91. The molecule has 0 bridgehead atoms. The second-order valence-electron chi connectivity index (χ2n) is 6.76. The lowest BCUT2D eigenvalue weighted by atomic mass is 10.00. The van der Waals surface area contributed by atoms with Gasteiger partial charge in [0.15, 0.2) is 0 Å². The zero-order chi connectivity index (χ0) is 20.2. The van der Waals surface area contributed by atoms with Gasteiger partial charge in [0.1, 0.15) is 0 Å². The fourth-order valence-corrected chi connectivity index (χ4v) is 4.25. The summed E-state index contributed by atoms with van der Waals surface area (Å²) in [4.78, 5) is 26.9. The summed E-state index contributed by atoms with van der Waals surface area (Å²) in [5.41, 5.74) is 2.66. The molecule has 3 aromatic carbocycles. The first-order valence-corrected chi connectivity index (χ1v) is 10.1. The minimum atomic E-state index is -0.247. The highest BCUT2D eigenvalue weighted by Gasteiger charge is 2.21. The van der Waals surface area contributed by atoms with Crippen molar-refractivity contribution in [2.24, 2.45) is 0 Å². The van der Waals surface area contributed by atoms with E-state index in [1.807, 2.05) is 54.6 Å². The monoisotopic (exact) mass is 404 g/mol. The van der Waals surface area contributed by atoms with Gasteiger partial charge < -0.3 is 15.7 Å². The van der Waals surface area contributed by atoms with E-state index in [0.717, 1.165) is 15.4 Å². The average Bonchev–Trinajstić information content (AvgIpc) is 2.90. The number of rotatable bonds is 5. The van der Waals surface area contributed by atoms with Crippen LogP contribution in [-0.4, -0.2) is 30.1 Å². The van der Waals surface area contributed by atoms with Gasteiger partial charge in [-0.25, -0.2) is 0 Å². The first kappa shape index (κ1) is 19.2. The highest BCUT2D eigenvalue weighted by Crippen LogP contribution is 2.39. The van der Waals surface area contributed by atoms with Crippen LogP contribution in [0, 0.1) is 0 Å². The molecule has 1 heterocycles. The molecule has 4 rings (SSSR count). The maximum Gasteiger partial charge on any atom is 0.256 e. The predicted molar refractivity (Wildman–Crippen MR) is 114 cm³/mol. The summed E-state index contributed by atoms with van der Waals surface area (Å²) in [5, 5.41) is 15.4. The number of aliphatic hydroxyl groups is 1. The molecular formula is C23H20N2O3S. The molecule has 1 aliphatic rings. The Labute approximate surface area is 173 Å². The van der Waals surface area contributed by atoms with Crippen molar-refractivity contribution in [2.45, 2.75) is 15.7 Å². The number of carbonyl (C=O) groups excluding carboxylic acids is 2. The van der Waals surface area contributed by atoms with Crippen molar-refractivity contribution in [1.82, 2.24) is 5.32 Å². The molecule has 1 atom stereocenters. The molecule has 0 saturated heterocycles. The minimum Gasteiger partial charge on any atom is -0.396 e. The quantitative estimate of drug-likeness (QED) is 0.603. The summed E-state index contributed by atoms with van der Waals surface area (Å²) < 4.78 is 0. The fraction of sp³-hybridized carbons (Fsp3) is 0.130. The molecule has 0 radical (unpaired) electrons. The number of hydrogen-bond donors (Lipinski definition) is 3. The molecule has 0 unspecified atom stereocenters. The van der Waals surface area contributed by atoms with Gasteiger partial charge in [0.05, 0.1) is 17.9 Å². The summed E-state index contributed by atoms with van der Waals surface area (Å²) >= 11 is 1.50. The third-order valence-electron chi connectivity index (χ3n) is 4.84. The number of fused-ring (bicyclic) bond motifs is 2. The molecule has 1 aliphatic heterocycles. The van der Waals surface area contributed by atoms with Crippen LogP contribution in [0.3, 0.4) is 0 Å². The lowest BCUT2D eigenvalue weighted by molar-refractivity contribution is 0.0946. The minimum absolute atomic E-state index is 0.0561. The van der Waals surface area contributed by atoms with Gasteiger partial charge in [0, 0.05) is 27.8 Å². The number of aliphatic hydroxyl groups excluding tert-OH is 1. The second kappa shape index (κ2) is 8.51. The highest BCUT2D eigenvalue weighted by atomic mass is 32.2. The SMILES string of the molecule is O=C(NC[C@H](CO)c1ccccc1)c1ccc2c(c1)NC(=O)c1ccccc1S2. The van der Waals surface area contributed by atoms with Crippen LogP contribution in [-0.2, 0) is 0 Å². The number of nitrogens with one attached hydrogen (secondary N) is 2. The first-order valence-electron chi connectivity index (χ1n) is 9.32. The van der Waals surface area contributed by atoms with Crippen molar-refractivity contribution in [3.05, 3.63) is 89.5 Å². The normalized spacial score (nSPS) is 13.5. The summed E-state index contributed by atoms with van der Waals surface area (Å²) in [6, 6.07) is 22.3. The summed E-state index contributed by atoms with van der Waals surface area (Å²) in [5.74, 6) is -0.609. The molecule has 0 fully saturated rings. The Morgan fingerprint density at radius 1 is 1.00 bits per heavy atom. The van der Waals surface area contributed by atoms with E-state index in [4.69, 9.17) is 0 Å². The molecule has 0 saturated carbocycles. The van der Waals surface area contributed by atoms with Gasteiger partial charge in [-0.2, -0.15) is 0 Å². The van der Waals surface area contributed by atoms with Gasteiger partial charge in [-0.05, 0) is 35.9 Å². The van der Waals surface area contributed by atoms with Crippen molar-refractivity contribution < 1.29 is 14.7 Å².